The minimum atomic E-state index is -0.384. The zero-order valence-corrected chi connectivity index (χ0v) is 13.0. The van der Waals surface area contributed by atoms with Gasteiger partial charge in [0.2, 0.25) is 11.8 Å². The lowest BCUT2D eigenvalue weighted by Gasteiger charge is -2.21. The molecule has 0 aliphatic carbocycles. The van der Waals surface area contributed by atoms with Crippen LogP contribution >= 0.6 is 0 Å². The Morgan fingerprint density at radius 2 is 2.30 bits per heavy atom. The van der Waals surface area contributed by atoms with Gasteiger partial charge in [0.05, 0.1) is 23.8 Å². The van der Waals surface area contributed by atoms with E-state index in [-0.39, 0.29) is 18.0 Å². The molecule has 1 fully saturated rings. The highest BCUT2D eigenvalue weighted by molar-refractivity contribution is 5.33. The van der Waals surface area contributed by atoms with Crippen LogP contribution in [0.15, 0.2) is 22.6 Å². The third kappa shape index (κ3) is 3.23. The molecular weight excluding hydrogens is 299 g/mol. The summed E-state index contributed by atoms with van der Waals surface area (Å²) in [6, 6.07) is 6.35. The molecule has 0 N–H and O–H groups in total. The molecule has 7 heteroatoms. The standard InChI is InChI=1S/C16H17FN4O2/c1-10-19-20-16(23-10)15-6-13(22-2)9-21(15)8-12-4-3-11(7-18)5-14(12)17/h3-5,13,15H,6,8-9H2,1-2H3/t13-,15+/m0/s1. The molecule has 1 aliphatic rings. The number of hydrogen-bond acceptors (Lipinski definition) is 6. The molecule has 0 unspecified atom stereocenters. The summed E-state index contributed by atoms with van der Waals surface area (Å²) in [6.07, 6.45) is 0.754. The summed E-state index contributed by atoms with van der Waals surface area (Å²) >= 11 is 0. The first-order valence-corrected chi connectivity index (χ1v) is 7.36. The Labute approximate surface area is 133 Å². The van der Waals surface area contributed by atoms with E-state index in [9.17, 15) is 4.39 Å². The van der Waals surface area contributed by atoms with Crippen LogP contribution in [0, 0.1) is 24.1 Å². The van der Waals surface area contributed by atoms with E-state index in [1.807, 2.05) is 6.07 Å². The first-order chi connectivity index (χ1) is 11.1. The predicted octanol–water partition coefficient (Wildman–Crippen LogP) is 2.35. The van der Waals surface area contributed by atoms with Crippen molar-refractivity contribution in [2.24, 2.45) is 0 Å². The van der Waals surface area contributed by atoms with Crippen LogP contribution in [0.5, 0.6) is 0 Å². The summed E-state index contributed by atoms with van der Waals surface area (Å²) in [5.74, 6) is 0.645. The molecule has 1 aromatic heterocycles. The van der Waals surface area contributed by atoms with Crippen LogP contribution in [0.2, 0.25) is 0 Å². The van der Waals surface area contributed by atoms with Gasteiger partial charge in [0.1, 0.15) is 5.82 Å². The zero-order chi connectivity index (χ0) is 16.4. The highest BCUT2D eigenvalue weighted by Crippen LogP contribution is 2.34. The summed E-state index contributed by atoms with van der Waals surface area (Å²) in [5.41, 5.74) is 0.841. The van der Waals surface area contributed by atoms with Crippen LogP contribution in [0.3, 0.4) is 0 Å². The summed E-state index contributed by atoms with van der Waals surface area (Å²) in [5, 5.41) is 16.8. The Morgan fingerprint density at radius 3 is 2.91 bits per heavy atom. The molecular formula is C16H17FN4O2. The molecule has 23 heavy (non-hydrogen) atoms. The van der Waals surface area contributed by atoms with Crippen molar-refractivity contribution < 1.29 is 13.5 Å². The van der Waals surface area contributed by atoms with Crippen molar-refractivity contribution in [3.05, 3.63) is 46.9 Å². The van der Waals surface area contributed by atoms with E-state index in [0.717, 1.165) is 6.42 Å². The Bertz CT molecular complexity index is 740. The fourth-order valence-electron chi connectivity index (χ4n) is 2.87. The first-order valence-electron chi connectivity index (χ1n) is 7.36. The Kier molecular flexibility index (Phi) is 4.37. The van der Waals surface area contributed by atoms with Gasteiger partial charge in [0.15, 0.2) is 0 Å². The molecule has 2 atom stereocenters. The second kappa shape index (κ2) is 6.44. The Balaban J connectivity index is 1.83. The zero-order valence-electron chi connectivity index (χ0n) is 13.0. The number of rotatable bonds is 4. The molecule has 6 nitrogen and oxygen atoms in total. The van der Waals surface area contributed by atoms with Crippen molar-refractivity contribution in [3.8, 4) is 6.07 Å². The average Bonchev–Trinajstić information content (AvgIpc) is 3.15. The van der Waals surface area contributed by atoms with Gasteiger partial charge in [0, 0.05) is 32.7 Å². The number of likely N-dealkylation sites (tertiary alicyclic amines) is 1. The van der Waals surface area contributed by atoms with E-state index in [1.165, 1.54) is 6.07 Å². The molecule has 120 valence electrons. The number of methoxy groups -OCH3 is 1. The maximum atomic E-state index is 14.1. The smallest absolute Gasteiger partial charge is 0.233 e. The normalized spacial score (nSPS) is 21.5. The van der Waals surface area contributed by atoms with Crippen molar-refractivity contribution in [1.82, 2.24) is 15.1 Å². The second-order valence-corrected chi connectivity index (χ2v) is 5.62. The second-order valence-electron chi connectivity index (χ2n) is 5.62. The lowest BCUT2D eigenvalue weighted by Crippen LogP contribution is -2.25. The molecule has 0 bridgehead atoms. The van der Waals surface area contributed by atoms with Crippen molar-refractivity contribution in [1.29, 1.82) is 5.26 Å². The van der Waals surface area contributed by atoms with Gasteiger partial charge in [-0.25, -0.2) is 4.39 Å². The van der Waals surface area contributed by atoms with E-state index >= 15 is 0 Å². The van der Waals surface area contributed by atoms with Crippen molar-refractivity contribution in [3.63, 3.8) is 0 Å². The van der Waals surface area contributed by atoms with E-state index in [4.69, 9.17) is 14.4 Å². The number of nitrogens with zero attached hydrogens (tertiary/aromatic N) is 4. The number of aromatic nitrogens is 2. The van der Waals surface area contributed by atoms with Crippen molar-refractivity contribution >= 4 is 0 Å². The molecule has 1 saturated heterocycles. The van der Waals surface area contributed by atoms with E-state index in [1.54, 1.807) is 26.2 Å². The number of hydrogen-bond donors (Lipinski definition) is 0. The summed E-state index contributed by atoms with van der Waals surface area (Å²) in [4.78, 5) is 2.06. The largest absolute Gasteiger partial charge is 0.424 e. The molecule has 3 rings (SSSR count). The van der Waals surface area contributed by atoms with Crippen molar-refractivity contribution in [2.45, 2.75) is 32.0 Å². The van der Waals surface area contributed by atoms with Crippen LogP contribution in [0.1, 0.15) is 35.4 Å². The van der Waals surface area contributed by atoms with E-state index in [0.29, 0.717) is 36.0 Å². The molecule has 1 aromatic carbocycles. The highest BCUT2D eigenvalue weighted by Gasteiger charge is 2.36. The van der Waals surface area contributed by atoms with Crippen LogP contribution < -0.4 is 0 Å². The maximum absolute atomic E-state index is 14.1. The number of aryl methyl sites for hydroxylation is 1. The SMILES string of the molecule is CO[C@H]1C[C@H](c2nnc(C)o2)N(Cc2ccc(C#N)cc2F)C1. The summed E-state index contributed by atoms with van der Waals surface area (Å²) < 4.78 is 25.1. The lowest BCUT2D eigenvalue weighted by atomic mass is 10.1. The van der Waals surface area contributed by atoms with Gasteiger partial charge in [-0.3, -0.25) is 4.90 Å². The third-order valence-corrected chi connectivity index (χ3v) is 4.08. The number of halogens is 1. The number of nitriles is 1. The van der Waals surface area contributed by atoms with Crippen LogP contribution in [-0.2, 0) is 11.3 Å². The van der Waals surface area contributed by atoms with Gasteiger partial charge in [0.25, 0.3) is 0 Å². The fourth-order valence-corrected chi connectivity index (χ4v) is 2.87. The Morgan fingerprint density at radius 1 is 1.48 bits per heavy atom. The number of benzene rings is 1. The molecule has 2 aromatic rings. The summed E-state index contributed by atoms with van der Waals surface area (Å²) in [7, 11) is 1.66. The van der Waals surface area contributed by atoms with Gasteiger partial charge >= 0.3 is 0 Å². The molecule has 2 heterocycles. The van der Waals surface area contributed by atoms with Crippen LogP contribution in [0.4, 0.5) is 4.39 Å². The van der Waals surface area contributed by atoms with Gasteiger partial charge in [-0.2, -0.15) is 5.26 Å². The molecule has 1 aliphatic heterocycles. The Hall–Kier alpha value is -2.30. The summed E-state index contributed by atoms with van der Waals surface area (Å²) in [6.45, 7) is 2.79. The maximum Gasteiger partial charge on any atom is 0.233 e. The van der Waals surface area contributed by atoms with E-state index in [2.05, 4.69) is 15.1 Å². The van der Waals surface area contributed by atoms with Crippen molar-refractivity contribution in [2.75, 3.05) is 13.7 Å². The third-order valence-electron chi connectivity index (χ3n) is 4.08. The highest BCUT2D eigenvalue weighted by atomic mass is 19.1. The van der Waals surface area contributed by atoms with Crippen LogP contribution in [0.25, 0.3) is 0 Å². The average molecular weight is 316 g/mol. The quantitative estimate of drug-likeness (QED) is 0.862. The molecule has 0 spiro atoms. The van der Waals surface area contributed by atoms with Gasteiger partial charge in [-0.05, 0) is 18.6 Å². The number of ether oxygens (including phenoxy) is 1. The molecule has 0 saturated carbocycles. The minimum Gasteiger partial charge on any atom is -0.424 e. The monoisotopic (exact) mass is 316 g/mol. The first kappa shape index (κ1) is 15.6. The van der Waals surface area contributed by atoms with Gasteiger partial charge < -0.3 is 9.15 Å². The van der Waals surface area contributed by atoms with E-state index < -0.39 is 0 Å². The lowest BCUT2D eigenvalue weighted by molar-refractivity contribution is 0.107. The van der Waals surface area contributed by atoms with Gasteiger partial charge in [-0.1, -0.05) is 6.07 Å². The van der Waals surface area contributed by atoms with Gasteiger partial charge in [-0.15, -0.1) is 10.2 Å². The minimum absolute atomic E-state index is 0.0358. The predicted molar refractivity (Wildman–Crippen MR) is 78.7 cm³/mol. The van der Waals surface area contributed by atoms with Crippen LogP contribution in [-0.4, -0.2) is 34.9 Å². The fraction of sp³-hybridized carbons (Fsp3) is 0.438. The molecule has 0 amide bonds. The molecule has 0 radical (unpaired) electrons. The topological polar surface area (TPSA) is 75.2 Å².